The standard InChI is InChI=1S/C23H26/c1-3-4-5-19-8-12-21(13-9-19)23-16-14-22(15-17-23)20-10-6-18(2)7-11-20/h3,6-7,10-12,14-17,19H,1,4-5,8-9,13H2,2H3. The van der Waals surface area contributed by atoms with E-state index in [1.54, 1.807) is 0 Å². The molecule has 0 N–H and O–H groups in total. The lowest BCUT2D eigenvalue weighted by Gasteiger charge is -2.21. The van der Waals surface area contributed by atoms with Gasteiger partial charge < -0.3 is 0 Å². The van der Waals surface area contributed by atoms with Crippen molar-refractivity contribution in [2.24, 2.45) is 5.92 Å². The molecule has 23 heavy (non-hydrogen) atoms. The predicted molar refractivity (Wildman–Crippen MR) is 101 cm³/mol. The van der Waals surface area contributed by atoms with E-state index >= 15 is 0 Å². The van der Waals surface area contributed by atoms with Crippen molar-refractivity contribution < 1.29 is 0 Å². The molecule has 118 valence electrons. The molecule has 1 aliphatic carbocycles. The van der Waals surface area contributed by atoms with Gasteiger partial charge in [-0.15, -0.1) is 6.58 Å². The maximum Gasteiger partial charge on any atom is -0.0184 e. The molecule has 0 saturated heterocycles. The highest BCUT2D eigenvalue weighted by atomic mass is 14.2. The lowest BCUT2D eigenvalue weighted by molar-refractivity contribution is 0.454. The summed E-state index contributed by atoms with van der Waals surface area (Å²) in [5.41, 5.74) is 6.82. The summed E-state index contributed by atoms with van der Waals surface area (Å²) in [4.78, 5) is 0. The molecule has 2 aromatic rings. The normalized spacial score (nSPS) is 17.6. The molecule has 0 heteroatoms. The van der Waals surface area contributed by atoms with Gasteiger partial charge in [0.2, 0.25) is 0 Å². The molecule has 2 aromatic carbocycles. The highest BCUT2D eigenvalue weighted by Gasteiger charge is 2.14. The van der Waals surface area contributed by atoms with E-state index in [0.717, 1.165) is 12.3 Å². The van der Waals surface area contributed by atoms with Crippen molar-refractivity contribution in [3.8, 4) is 11.1 Å². The number of rotatable bonds is 5. The van der Waals surface area contributed by atoms with Crippen LogP contribution >= 0.6 is 0 Å². The van der Waals surface area contributed by atoms with Crippen molar-refractivity contribution in [2.45, 2.75) is 39.0 Å². The van der Waals surface area contributed by atoms with Gasteiger partial charge in [0.1, 0.15) is 0 Å². The summed E-state index contributed by atoms with van der Waals surface area (Å²) in [5, 5.41) is 0. The summed E-state index contributed by atoms with van der Waals surface area (Å²) in [6.45, 7) is 5.96. The number of benzene rings is 2. The zero-order valence-electron chi connectivity index (χ0n) is 14.1. The van der Waals surface area contributed by atoms with Crippen molar-refractivity contribution in [3.05, 3.63) is 78.4 Å². The molecule has 0 aromatic heterocycles. The number of hydrogen-bond acceptors (Lipinski definition) is 0. The smallest absolute Gasteiger partial charge is 0.0184 e. The average Bonchev–Trinajstić information content (AvgIpc) is 2.61. The Bertz CT molecular complexity index is 671. The van der Waals surface area contributed by atoms with Crippen LogP contribution < -0.4 is 0 Å². The quantitative estimate of drug-likeness (QED) is 0.532. The van der Waals surface area contributed by atoms with Gasteiger partial charge in [0.15, 0.2) is 0 Å². The summed E-state index contributed by atoms with van der Waals surface area (Å²) in [7, 11) is 0. The highest BCUT2D eigenvalue weighted by molar-refractivity contribution is 5.71. The maximum atomic E-state index is 3.83. The van der Waals surface area contributed by atoms with E-state index in [2.05, 4.69) is 68.1 Å². The van der Waals surface area contributed by atoms with E-state index in [0.29, 0.717) is 0 Å². The topological polar surface area (TPSA) is 0 Å². The summed E-state index contributed by atoms with van der Waals surface area (Å²) >= 11 is 0. The summed E-state index contributed by atoms with van der Waals surface area (Å²) in [5.74, 6) is 0.851. The summed E-state index contributed by atoms with van der Waals surface area (Å²) < 4.78 is 0. The largest absolute Gasteiger partial charge is 0.103 e. The van der Waals surface area contributed by atoms with E-state index in [-0.39, 0.29) is 0 Å². The third kappa shape index (κ3) is 4.01. The molecule has 0 radical (unpaired) electrons. The van der Waals surface area contributed by atoms with Crippen LogP contribution in [0.3, 0.4) is 0 Å². The van der Waals surface area contributed by atoms with Crippen LogP contribution in [0, 0.1) is 12.8 Å². The van der Waals surface area contributed by atoms with Crippen LogP contribution in [-0.4, -0.2) is 0 Å². The second kappa shape index (κ2) is 7.46. The molecule has 0 aliphatic heterocycles. The van der Waals surface area contributed by atoms with Crippen molar-refractivity contribution in [2.75, 3.05) is 0 Å². The summed E-state index contributed by atoms with van der Waals surface area (Å²) in [6, 6.07) is 17.8. The van der Waals surface area contributed by atoms with Crippen LogP contribution in [0.5, 0.6) is 0 Å². The van der Waals surface area contributed by atoms with Crippen molar-refractivity contribution in [3.63, 3.8) is 0 Å². The molecule has 0 saturated carbocycles. The third-order valence-electron chi connectivity index (χ3n) is 4.94. The molecular formula is C23H26. The van der Waals surface area contributed by atoms with Gasteiger partial charge in [-0.05, 0) is 67.2 Å². The molecule has 0 spiro atoms. The van der Waals surface area contributed by atoms with Crippen LogP contribution in [0.2, 0.25) is 0 Å². The van der Waals surface area contributed by atoms with Crippen LogP contribution in [0.4, 0.5) is 0 Å². The summed E-state index contributed by atoms with van der Waals surface area (Å²) in [6.07, 6.45) is 10.7. The van der Waals surface area contributed by atoms with Gasteiger partial charge in [-0.1, -0.05) is 66.2 Å². The first kappa shape index (κ1) is 15.8. The molecule has 3 rings (SSSR count). The Labute approximate surface area is 140 Å². The minimum absolute atomic E-state index is 0.851. The van der Waals surface area contributed by atoms with Gasteiger partial charge in [-0.3, -0.25) is 0 Å². The lowest BCUT2D eigenvalue weighted by Crippen LogP contribution is -2.05. The SMILES string of the molecule is C=CCCC1CC=C(c2ccc(-c3ccc(C)cc3)cc2)CC1. The van der Waals surface area contributed by atoms with Crippen LogP contribution in [0.25, 0.3) is 16.7 Å². The van der Waals surface area contributed by atoms with Gasteiger partial charge in [0.25, 0.3) is 0 Å². The first-order valence-electron chi connectivity index (χ1n) is 8.73. The first-order chi connectivity index (χ1) is 11.3. The van der Waals surface area contributed by atoms with Crippen LogP contribution in [0.1, 0.15) is 43.2 Å². The van der Waals surface area contributed by atoms with E-state index < -0.39 is 0 Å². The Hall–Kier alpha value is -2.08. The number of allylic oxidation sites excluding steroid dienone is 3. The Morgan fingerprint density at radius 1 is 0.957 bits per heavy atom. The van der Waals surface area contributed by atoms with Gasteiger partial charge in [-0.2, -0.15) is 0 Å². The highest BCUT2D eigenvalue weighted by Crippen LogP contribution is 2.33. The van der Waals surface area contributed by atoms with Gasteiger partial charge in [0.05, 0.1) is 0 Å². The Morgan fingerprint density at radius 2 is 1.57 bits per heavy atom. The van der Waals surface area contributed by atoms with Gasteiger partial charge in [-0.25, -0.2) is 0 Å². The molecule has 0 amide bonds. The molecule has 0 heterocycles. The molecule has 0 nitrogen and oxygen atoms in total. The van der Waals surface area contributed by atoms with E-state index in [1.807, 2.05) is 6.08 Å². The van der Waals surface area contributed by atoms with Crippen molar-refractivity contribution in [1.29, 1.82) is 0 Å². The van der Waals surface area contributed by atoms with Crippen molar-refractivity contribution in [1.82, 2.24) is 0 Å². The monoisotopic (exact) mass is 302 g/mol. The zero-order chi connectivity index (χ0) is 16.1. The molecule has 1 unspecified atom stereocenters. The van der Waals surface area contributed by atoms with Crippen LogP contribution in [-0.2, 0) is 0 Å². The first-order valence-corrected chi connectivity index (χ1v) is 8.73. The Kier molecular flexibility index (Phi) is 5.12. The average molecular weight is 302 g/mol. The second-order valence-electron chi connectivity index (χ2n) is 6.68. The minimum atomic E-state index is 0.851. The molecule has 1 atom stereocenters. The maximum absolute atomic E-state index is 3.83. The minimum Gasteiger partial charge on any atom is -0.103 e. The van der Waals surface area contributed by atoms with Gasteiger partial charge in [0, 0.05) is 0 Å². The molecule has 0 fully saturated rings. The Morgan fingerprint density at radius 3 is 2.13 bits per heavy atom. The van der Waals surface area contributed by atoms with Gasteiger partial charge >= 0.3 is 0 Å². The Balaban J connectivity index is 1.69. The molecule has 1 aliphatic rings. The fourth-order valence-electron chi connectivity index (χ4n) is 3.39. The lowest BCUT2D eigenvalue weighted by atomic mass is 9.84. The fraction of sp³-hybridized carbons (Fsp3) is 0.304. The van der Waals surface area contributed by atoms with E-state index in [1.165, 1.54) is 53.5 Å². The third-order valence-corrected chi connectivity index (χ3v) is 4.94. The number of aryl methyl sites for hydroxylation is 1. The van der Waals surface area contributed by atoms with Crippen LogP contribution in [0.15, 0.2) is 67.3 Å². The second-order valence-corrected chi connectivity index (χ2v) is 6.68. The number of hydrogen-bond donors (Lipinski definition) is 0. The predicted octanol–water partition coefficient (Wildman–Crippen LogP) is 6.81. The fourth-order valence-corrected chi connectivity index (χ4v) is 3.39. The molecular weight excluding hydrogens is 276 g/mol. The van der Waals surface area contributed by atoms with E-state index in [9.17, 15) is 0 Å². The zero-order valence-corrected chi connectivity index (χ0v) is 14.1. The molecule has 0 bridgehead atoms. The van der Waals surface area contributed by atoms with E-state index in [4.69, 9.17) is 0 Å². The van der Waals surface area contributed by atoms with Crippen molar-refractivity contribution >= 4 is 5.57 Å².